The van der Waals surface area contributed by atoms with Crippen molar-refractivity contribution in [2.75, 3.05) is 46.0 Å². The van der Waals surface area contributed by atoms with Gasteiger partial charge in [0.15, 0.2) is 0 Å². The zero-order valence-electron chi connectivity index (χ0n) is 12.1. The summed E-state index contributed by atoms with van der Waals surface area (Å²) in [5.41, 5.74) is 0. The van der Waals surface area contributed by atoms with E-state index >= 15 is 0 Å². The topological polar surface area (TPSA) is 52.6 Å². The molecule has 2 aliphatic rings. The van der Waals surface area contributed by atoms with E-state index in [2.05, 4.69) is 17.3 Å². The first-order valence-electron chi connectivity index (χ1n) is 7.35. The van der Waals surface area contributed by atoms with Crippen LogP contribution in [0.25, 0.3) is 0 Å². The lowest BCUT2D eigenvalue weighted by atomic mass is 9.97. The van der Waals surface area contributed by atoms with Gasteiger partial charge >= 0.3 is 0 Å². The molecule has 19 heavy (non-hydrogen) atoms. The lowest BCUT2D eigenvalue weighted by molar-refractivity contribution is 0.158. The molecule has 1 aliphatic heterocycles. The van der Waals surface area contributed by atoms with Crippen LogP contribution in [-0.2, 0) is 10.0 Å². The Morgan fingerprint density at radius 2 is 1.74 bits per heavy atom. The number of nitrogens with zero attached hydrogens (tertiary/aromatic N) is 2. The van der Waals surface area contributed by atoms with Crippen LogP contribution in [0, 0.1) is 5.92 Å². The summed E-state index contributed by atoms with van der Waals surface area (Å²) < 4.78 is 24.5. The molecule has 1 saturated heterocycles. The van der Waals surface area contributed by atoms with Crippen LogP contribution in [0.2, 0.25) is 0 Å². The largest absolute Gasteiger partial charge is 0.315 e. The highest BCUT2D eigenvalue weighted by molar-refractivity contribution is 7.88. The van der Waals surface area contributed by atoms with Crippen molar-refractivity contribution < 1.29 is 8.42 Å². The number of nitrogens with one attached hydrogen (secondary N) is 1. The van der Waals surface area contributed by atoms with Crippen molar-refractivity contribution in [3.8, 4) is 0 Å². The molecule has 1 atom stereocenters. The Morgan fingerprint density at radius 3 is 2.21 bits per heavy atom. The first kappa shape index (κ1) is 15.2. The van der Waals surface area contributed by atoms with E-state index in [0.29, 0.717) is 19.1 Å². The Morgan fingerprint density at radius 1 is 1.16 bits per heavy atom. The number of sulfonamides is 1. The minimum atomic E-state index is -3.01. The highest BCUT2D eigenvalue weighted by Crippen LogP contribution is 2.28. The molecule has 2 fully saturated rings. The van der Waals surface area contributed by atoms with Gasteiger partial charge in [-0.2, -0.15) is 4.31 Å². The van der Waals surface area contributed by atoms with Crippen molar-refractivity contribution >= 4 is 10.0 Å². The summed E-state index contributed by atoms with van der Waals surface area (Å²) >= 11 is 0. The molecule has 1 heterocycles. The highest BCUT2D eigenvalue weighted by atomic mass is 32.2. The summed E-state index contributed by atoms with van der Waals surface area (Å²) in [7, 11) is -0.957. The average molecular weight is 289 g/mol. The molecule has 6 heteroatoms. The monoisotopic (exact) mass is 289 g/mol. The van der Waals surface area contributed by atoms with Crippen LogP contribution in [0.3, 0.4) is 0 Å². The van der Waals surface area contributed by atoms with Gasteiger partial charge < -0.3 is 5.32 Å². The molecule has 1 aliphatic carbocycles. The molecule has 1 N–H and O–H groups in total. The minimum absolute atomic E-state index is 0.562. The summed E-state index contributed by atoms with van der Waals surface area (Å²) in [5, 5.41) is 3.46. The van der Waals surface area contributed by atoms with Gasteiger partial charge in [-0.15, -0.1) is 0 Å². The molecule has 0 spiro atoms. The van der Waals surface area contributed by atoms with Crippen molar-refractivity contribution in [2.24, 2.45) is 5.92 Å². The zero-order chi connectivity index (χ0) is 13.9. The van der Waals surface area contributed by atoms with Gasteiger partial charge in [-0.05, 0) is 25.8 Å². The molecule has 0 bridgehead atoms. The Kier molecular flexibility index (Phi) is 5.22. The Bertz CT molecular complexity index is 371. The maximum absolute atomic E-state index is 11.5. The number of likely N-dealkylation sites (N-methyl/N-ethyl adjacent to an activating group) is 1. The van der Waals surface area contributed by atoms with Crippen LogP contribution in [-0.4, -0.2) is 69.7 Å². The summed E-state index contributed by atoms with van der Waals surface area (Å²) in [6.07, 6.45) is 6.72. The fraction of sp³-hybridized carbons (Fsp3) is 1.00. The first-order valence-corrected chi connectivity index (χ1v) is 9.20. The van der Waals surface area contributed by atoms with Crippen LogP contribution in [0.1, 0.15) is 25.7 Å². The van der Waals surface area contributed by atoms with Crippen molar-refractivity contribution in [1.29, 1.82) is 0 Å². The van der Waals surface area contributed by atoms with Gasteiger partial charge in [0.2, 0.25) is 10.0 Å². The van der Waals surface area contributed by atoms with Gasteiger partial charge in [0.1, 0.15) is 0 Å². The summed E-state index contributed by atoms with van der Waals surface area (Å²) in [4.78, 5) is 2.40. The fourth-order valence-corrected chi connectivity index (χ4v) is 4.18. The van der Waals surface area contributed by atoms with Crippen LogP contribution in [0.4, 0.5) is 0 Å². The summed E-state index contributed by atoms with van der Waals surface area (Å²) in [6.45, 7) is 4.05. The van der Waals surface area contributed by atoms with E-state index in [1.165, 1.54) is 31.9 Å². The van der Waals surface area contributed by atoms with Gasteiger partial charge in [-0.3, -0.25) is 4.90 Å². The molecule has 2 rings (SSSR count). The molecule has 1 unspecified atom stereocenters. The molecule has 1 saturated carbocycles. The standard InChI is InChI=1S/C13H27N3O2S/c1-14-13(12-5-3-4-6-12)11-15-7-9-16(10-8-15)19(2,17)18/h12-14H,3-11H2,1-2H3. The predicted molar refractivity (Wildman–Crippen MR) is 77.7 cm³/mol. The summed E-state index contributed by atoms with van der Waals surface area (Å²) in [6, 6.07) is 0.562. The normalized spacial score (nSPS) is 25.8. The first-order chi connectivity index (χ1) is 9.00. The number of hydrogen-bond donors (Lipinski definition) is 1. The zero-order valence-corrected chi connectivity index (χ0v) is 13.0. The maximum atomic E-state index is 11.5. The highest BCUT2D eigenvalue weighted by Gasteiger charge is 2.28. The SMILES string of the molecule is CNC(CN1CCN(S(C)(=O)=O)CC1)C1CCCC1. The Balaban J connectivity index is 1.81. The van der Waals surface area contributed by atoms with Crippen molar-refractivity contribution in [1.82, 2.24) is 14.5 Å². The van der Waals surface area contributed by atoms with Crippen LogP contribution in [0.15, 0.2) is 0 Å². The second-order valence-corrected chi connectivity index (χ2v) is 7.88. The number of rotatable bonds is 5. The quantitative estimate of drug-likeness (QED) is 0.793. The minimum Gasteiger partial charge on any atom is -0.315 e. The van der Waals surface area contributed by atoms with Gasteiger partial charge in [-0.1, -0.05) is 12.8 Å². The molecule has 0 radical (unpaired) electrons. The second kappa shape index (κ2) is 6.52. The van der Waals surface area contributed by atoms with Crippen molar-refractivity contribution in [3.05, 3.63) is 0 Å². The maximum Gasteiger partial charge on any atom is 0.211 e. The van der Waals surface area contributed by atoms with Gasteiger partial charge in [0.25, 0.3) is 0 Å². The van der Waals surface area contributed by atoms with E-state index < -0.39 is 10.0 Å². The molecule has 5 nitrogen and oxygen atoms in total. The van der Waals surface area contributed by atoms with Crippen LogP contribution < -0.4 is 5.32 Å². The molecule has 0 aromatic carbocycles. The van der Waals surface area contributed by atoms with Crippen molar-refractivity contribution in [3.63, 3.8) is 0 Å². The van der Waals surface area contributed by atoms with E-state index in [9.17, 15) is 8.42 Å². The second-order valence-electron chi connectivity index (χ2n) is 5.90. The van der Waals surface area contributed by atoms with Crippen LogP contribution >= 0.6 is 0 Å². The van der Waals surface area contributed by atoms with Gasteiger partial charge in [-0.25, -0.2) is 8.42 Å². The Labute approximate surface area is 117 Å². The van der Waals surface area contributed by atoms with E-state index in [1.807, 2.05) is 0 Å². The van der Waals surface area contributed by atoms with E-state index in [-0.39, 0.29) is 0 Å². The third kappa shape index (κ3) is 4.15. The van der Waals surface area contributed by atoms with E-state index in [4.69, 9.17) is 0 Å². The number of hydrogen-bond acceptors (Lipinski definition) is 4. The third-order valence-electron chi connectivity index (χ3n) is 4.59. The smallest absolute Gasteiger partial charge is 0.211 e. The lowest BCUT2D eigenvalue weighted by Gasteiger charge is -2.36. The molecule has 112 valence electrons. The molecular formula is C13H27N3O2S. The predicted octanol–water partition coefficient (Wildman–Crippen LogP) is 0.342. The molecule has 0 amide bonds. The molecule has 0 aromatic heterocycles. The summed E-state index contributed by atoms with van der Waals surface area (Å²) in [5.74, 6) is 0.804. The van der Waals surface area contributed by atoms with E-state index in [0.717, 1.165) is 25.6 Å². The van der Waals surface area contributed by atoms with Gasteiger partial charge in [0.05, 0.1) is 6.26 Å². The number of piperazine rings is 1. The molecule has 0 aromatic rings. The van der Waals surface area contributed by atoms with Gasteiger partial charge in [0, 0.05) is 38.8 Å². The Hall–Kier alpha value is -0.170. The average Bonchev–Trinajstić information content (AvgIpc) is 2.89. The van der Waals surface area contributed by atoms with Crippen molar-refractivity contribution in [2.45, 2.75) is 31.7 Å². The lowest BCUT2D eigenvalue weighted by Crippen LogP contribution is -2.52. The molecular weight excluding hydrogens is 262 g/mol. The third-order valence-corrected chi connectivity index (χ3v) is 5.90. The fourth-order valence-electron chi connectivity index (χ4n) is 3.36. The van der Waals surface area contributed by atoms with Crippen LogP contribution in [0.5, 0.6) is 0 Å². The van der Waals surface area contributed by atoms with E-state index in [1.54, 1.807) is 4.31 Å².